The quantitative estimate of drug-likeness (QED) is 0.149. The molecule has 2 heterocycles. The summed E-state index contributed by atoms with van der Waals surface area (Å²) in [5, 5.41) is 5.73. The summed E-state index contributed by atoms with van der Waals surface area (Å²) in [5.74, 6) is -1.61. The van der Waals surface area contributed by atoms with Gasteiger partial charge in [0.05, 0.1) is 29.8 Å². The predicted octanol–water partition coefficient (Wildman–Crippen LogP) is 6.31. The molecule has 264 valence electrons. The summed E-state index contributed by atoms with van der Waals surface area (Å²) < 4.78 is 43.4. The lowest BCUT2D eigenvalue weighted by Crippen LogP contribution is -2.39. The van der Waals surface area contributed by atoms with Gasteiger partial charge in [-0.2, -0.15) is 0 Å². The molecule has 0 fully saturated rings. The molecule has 0 bridgehead atoms. The molecule has 0 spiro atoms. The fourth-order valence-corrected chi connectivity index (χ4v) is 6.93. The smallest absolute Gasteiger partial charge is 0.337 e. The lowest BCUT2D eigenvalue weighted by atomic mass is 9.98. The van der Waals surface area contributed by atoms with Gasteiger partial charge in [-0.05, 0) is 80.9 Å². The van der Waals surface area contributed by atoms with Crippen molar-refractivity contribution in [3.05, 3.63) is 116 Å². The maximum Gasteiger partial charge on any atom is 0.337 e. The van der Waals surface area contributed by atoms with Crippen LogP contribution in [0.3, 0.4) is 0 Å². The molecule has 5 rings (SSSR count). The molecule has 2 amide bonds. The number of urea groups is 1. The Bertz CT molecular complexity index is 2090. The molecule has 5 aromatic rings. The number of hydrogen-bond acceptors (Lipinski definition) is 7. The van der Waals surface area contributed by atoms with Gasteiger partial charge in [-0.25, -0.2) is 22.9 Å². The predicted molar refractivity (Wildman–Crippen MR) is 194 cm³/mol. The first-order valence-electron chi connectivity index (χ1n) is 16.1. The third kappa shape index (κ3) is 7.55. The number of rotatable bonds is 13. The summed E-state index contributed by atoms with van der Waals surface area (Å²) in [6.07, 6.45) is 0. The normalized spacial score (nSPS) is 11.8. The molecule has 0 aliphatic heterocycles. The van der Waals surface area contributed by atoms with E-state index < -0.39 is 35.0 Å². The van der Waals surface area contributed by atoms with Gasteiger partial charge in [0.2, 0.25) is 0 Å². The number of hydrogen-bond donors (Lipinski definition) is 2. The highest BCUT2D eigenvalue weighted by Crippen LogP contribution is 2.38. The van der Waals surface area contributed by atoms with Crippen molar-refractivity contribution in [2.75, 3.05) is 46.3 Å². The highest BCUT2D eigenvalue weighted by molar-refractivity contribution is 7.22. The summed E-state index contributed by atoms with van der Waals surface area (Å²) in [6, 6.07) is 17.2. The van der Waals surface area contributed by atoms with Crippen LogP contribution in [0.2, 0.25) is 0 Å². The van der Waals surface area contributed by atoms with E-state index in [1.807, 2.05) is 44.9 Å². The van der Waals surface area contributed by atoms with Gasteiger partial charge in [-0.3, -0.25) is 14.3 Å². The molecule has 0 atom stereocenters. The van der Waals surface area contributed by atoms with Crippen molar-refractivity contribution < 1.29 is 23.0 Å². The maximum atomic E-state index is 15.1. The maximum absolute atomic E-state index is 15.1. The Morgan fingerprint density at radius 2 is 1.62 bits per heavy atom. The van der Waals surface area contributed by atoms with E-state index in [9.17, 15) is 14.4 Å². The number of methoxy groups -OCH3 is 2. The zero-order valence-electron chi connectivity index (χ0n) is 28.9. The van der Waals surface area contributed by atoms with E-state index in [0.717, 1.165) is 27.8 Å². The zero-order valence-corrected chi connectivity index (χ0v) is 29.7. The number of benzene rings is 3. The highest BCUT2D eigenvalue weighted by Gasteiger charge is 2.26. The fourth-order valence-electron chi connectivity index (χ4n) is 5.63. The zero-order chi connectivity index (χ0) is 36.2. The summed E-state index contributed by atoms with van der Waals surface area (Å²) in [4.78, 5) is 44.1. The number of ether oxygens (including phenoxy) is 2. The van der Waals surface area contributed by atoms with E-state index in [1.165, 1.54) is 22.0 Å². The number of likely N-dealkylation sites (N-methyl/N-ethyl adjacent to an activating group) is 1. The lowest BCUT2D eigenvalue weighted by molar-refractivity contribution is 0.0192. The van der Waals surface area contributed by atoms with Crippen molar-refractivity contribution in [2.24, 2.45) is 0 Å². The summed E-state index contributed by atoms with van der Waals surface area (Å²) >= 11 is 1.20. The van der Waals surface area contributed by atoms with E-state index in [2.05, 4.69) is 10.6 Å². The topological polar surface area (TPSA) is 107 Å². The third-order valence-corrected chi connectivity index (χ3v) is 9.93. The molecule has 0 aliphatic rings. The molecule has 2 N–H and O–H groups in total. The molecule has 3 aromatic carbocycles. The second kappa shape index (κ2) is 15.5. The van der Waals surface area contributed by atoms with Crippen molar-refractivity contribution in [1.82, 2.24) is 19.4 Å². The second-order valence-electron chi connectivity index (χ2n) is 12.4. The van der Waals surface area contributed by atoms with Crippen LogP contribution in [0.5, 0.6) is 0 Å². The Labute approximate surface area is 292 Å². The van der Waals surface area contributed by atoms with Gasteiger partial charge in [0, 0.05) is 50.0 Å². The van der Waals surface area contributed by atoms with E-state index in [4.69, 9.17) is 9.47 Å². The van der Waals surface area contributed by atoms with Gasteiger partial charge in [-0.1, -0.05) is 30.3 Å². The fraction of sp³-hybridized carbons (Fsp3) is 0.324. The average molecular weight is 706 g/mol. The highest BCUT2D eigenvalue weighted by atomic mass is 32.1. The molecule has 0 radical (unpaired) electrons. The Morgan fingerprint density at radius 3 is 2.22 bits per heavy atom. The van der Waals surface area contributed by atoms with Crippen LogP contribution >= 0.6 is 11.3 Å². The minimum atomic E-state index is -0.805. The van der Waals surface area contributed by atoms with Gasteiger partial charge in [0.15, 0.2) is 0 Å². The van der Waals surface area contributed by atoms with Crippen LogP contribution in [0.4, 0.5) is 19.3 Å². The van der Waals surface area contributed by atoms with E-state index in [1.54, 1.807) is 50.6 Å². The molecule has 0 saturated carbocycles. The molecular weight excluding hydrogens is 665 g/mol. The summed E-state index contributed by atoms with van der Waals surface area (Å²) in [6.45, 7) is 6.94. The Hall–Kier alpha value is -4.69. The Morgan fingerprint density at radius 1 is 0.960 bits per heavy atom. The lowest BCUT2D eigenvalue weighted by Gasteiger charge is -2.23. The van der Waals surface area contributed by atoms with Crippen LogP contribution in [0.25, 0.3) is 26.3 Å². The summed E-state index contributed by atoms with van der Waals surface area (Å²) in [5.41, 5.74) is 0.855. The first-order chi connectivity index (χ1) is 23.9. The van der Waals surface area contributed by atoms with Crippen molar-refractivity contribution in [3.8, 4) is 16.1 Å². The van der Waals surface area contributed by atoms with Crippen molar-refractivity contribution in [1.29, 1.82) is 0 Å². The van der Waals surface area contributed by atoms with E-state index >= 15 is 8.78 Å². The number of aromatic nitrogens is 2. The average Bonchev–Trinajstić information content (AvgIpc) is 3.46. The van der Waals surface area contributed by atoms with Crippen LogP contribution in [-0.2, 0) is 28.2 Å². The monoisotopic (exact) mass is 705 g/mol. The van der Waals surface area contributed by atoms with Crippen molar-refractivity contribution in [2.45, 2.75) is 39.5 Å². The Kier molecular flexibility index (Phi) is 11.3. The van der Waals surface area contributed by atoms with Crippen LogP contribution in [-0.4, -0.2) is 61.0 Å². The third-order valence-electron chi connectivity index (χ3n) is 8.63. The first kappa shape index (κ1) is 36.6. The van der Waals surface area contributed by atoms with Crippen LogP contribution in [0.1, 0.15) is 37.5 Å². The number of halogens is 2. The molecule has 10 nitrogen and oxygen atoms in total. The number of carbonyl (C=O) groups excluding carboxylic acids is 1. The molecular formula is C37H41F2N5O5S. The van der Waals surface area contributed by atoms with Crippen molar-refractivity contribution in [3.63, 3.8) is 0 Å². The van der Waals surface area contributed by atoms with Crippen LogP contribution in [0, 0.1) is 11.6 Å². The number of thiophene rings is 1. The minimum absolute atomic E-state index is 0.261. The van der Waals surface area contributed by atoms with Crippen molar-refractivity contribution >= 4 is 33.3 Å². The Balaban J connectivity index is 1.79. The number of anilines is 1. The van der Waals surface area contributed by atoms with Crippen LogP contribution in [0.15, 0.2) is 76.3 Å². The molecule has 50 heavy (non-hydrogen) atoms. The largest absolute Gasteiger partial charge is 0.383 e. The van der Waals surface area contributed by atoms with Gasteiger partial charge < -0.3 is 20.1 Å². The number of nitrogens with one attached hydrogen (secondary N) is 2. The van der Waals surface area contributed by atoms with Gasteiger partial charge in [0.1, 0.15) is 16.5 Å². The van der Waals surface area contributed by atoms with E-state index in [0.29, 0.717) is 48.1 Å². The SMILES string of the molecule is CCNC(=O)Nc1ccc(-c2sc3c(c2CN(C)CCOC)c(=O)n(-c2ccc(C(C)(C)OC)cc2)c(=O)n3Cc2c(F)cccc2F)cc1. The standard InChI is InChI=1S/C37H41F2N5O5S/c1-7-40-35(46)41-25-15-11-23(12-16-25)32-28(21-42(4)19-20-48-5)31-33(45)44(26-17-13-24(14-18-26)37(2,3)49-6)36(47)43(34(31)50-32)22-27-29(38)9-8-10-30(27)39/h8-18H,7,19-22H2,1-6H3,(H2,40,41,46). The number of nitrogens with zero attached hydrogens (tertiary/aromatic N) is 3. The molecule has 0 aliphatic carbocycles. The molecule has 0 saturated heterocycles. The molecule has 13 heteroatoms. The van der Waals surface area contributed by atoms with Gasteiger partial charge >= 0.3 is 11.7 Å². The van der Waals surface area contributed by atoms with Crippen LogP contribution < -0.4 is 21.9 Å². The number of amides is 2. The minimum Gasteiger partial charge on any atom is -0.383 e. The second-order valence-corrected chi connectivity index (χ2v) is 13.4. The van der Waals surface area contributed by atoms with E-state index in [-0.39, 0.29) is 21.8 Å². The number of fused-ring (bicyclic) bond motifs is 1. The van der Waals surface area contributed by atoms with Gasteiger partial charge in [0.25, 0.3) is 5.56 Å². The molecule has 2 aromatic heterocycles. The summed E-state index contributed by atoms with van der Waals surface area (Å²) in [7, 11) is 5.10. The number of carbonyl (C=O) groups is 1. The van der Waals surface area contributed by atoms with Gasteiger partial charge in [-0.15, -0.1) is 11.3 Å². The first-order valence-corrected chi connectivity index (χ1v) is 16.9. The molecule has 0 unspecified atom stereocenters.